The van der Waals surface area contributed by atoms with E-state index in [1.54, 1.807) is 6.92 Å². The van der Waals surface area contributed by atoms with Gasteiger partial charge in [-0.2, -0.15) is 0 Å². The first-order chi connectivity index (χ1) is 14.4. The van der Waals surface area contributed by atoms with Crippen molar-refractivity contribution >= 4 is 33.1 Å². The average molecular weight is 418 g/mol. The van der Waals surface area contributed by atoms with Crippen molar-refractivity contribution in [1.29, 1.82) is 0 Å². The van der Waals surface area contributed by atoms with Gasteiger partial charge in [0.25, 0.3) is 5.56 Å². The van der Waals surface area contributed by atoms with Crippen LogP contribution in [0, 0.1) is 20.8 Å². The van der Waals surface area contributed by atoms with Crippen LogP contribution in [0.25, 0.3) is 21.3 Å². The Balaban J connectivity index is 1.74. The molecule has 5 nitrogen and oxygen atoms in total. The largest absolute Gasteiger partial charge is 0.324 e. The van der Waals surface area contributed by atoms with Gasteiger partial charge in [0.05, 0.1) is 11.7 Å². The summed E-state index contributed by atoms with van der Waals surface area (Å²) < 4.78 is 1.41. The molecule has 1 N–H and O–H groups in total. The molecule has 1 atom stereocenters. The minimum Gasteiger partial charge on any atom is -0.324 e. The van der Waals surface area contributed by atoms with Crippen molar-refractivity contribution in [3.05, 3.63) is 81.2 Å². The van der Waals surface area contributed by atoms with Gasteiger partial charge in [-0.05, 0) is 56.0 Å². The van der Waals surface area contributed by atoms with Gasteiger partial charge in [-0.25, -0.2) is 4.98 Å². The summed E-state index contributed by atoms with van der Waals surface area (Å²) in [6.07, 6.45) is 1.47. The zero-order valence-corrected chi connectivity index (χ0v) is 18.2. The van der Waals surface area contributed by atoms with E-state index in [1.807, 2.05) is 42.6 Å². The molecular formula is C24H23N3O2S. The molecule has 152 valence electrons. The molecular weight excluding hydrogens is 394 g/mol. The average Bonchev–Trinajstić information content (AvgIpc) is 3.16. The van der Waals surface area contributed by atoms with Gasteiger partial charge in [-0.1, -0.05) is 36.4 Å². The molecule has 0 radical (unpaired) electrons. The maximum Gasteiger partial charge on any atom is 0.263 e. The number of benzene rings is 2. The van der Waals surface area contributed by atoms with Gasteiger partial charge < -0.3 is 5.32 Å². The summed E-state index contributed by atoms with van der Waals surface area (Å²) in [5.41, 5.74) is 5.71. The summed E-state index contributed by atoms with van der Waals surface area (Å²) in [7, 11) is 0. The van der Waals surface area contributed by atoms with Gasteiger partial charge >= 0.3 is 0 Å². The molecule has 0 saturated carbocycles. The number of rotatable bonds is 4. The van der Waals surface area contributed by atoms with E-state index in [-0.39, 0.29) is 11.5 Å². The smallest absolute Gasteiger partial charge is 0.263 e. The maximum absolute atomic E-state index is 13.4. The van der Waals surface area contributed by atoms with E-state index in [4.69, 9.17) is 0 Å². The van der Waals surface area contributed by atoms with Crippen LogP contribution in [-0.4, -0.2) is 15.5 Å². The van der Waals surface area contributed by atoms with Crippen LogP contribution < -0.4 is 10.9 Å². The van der Waals surface area contributed by atoms with Gasteiger partial charge in [0.15, 0.2) is 0 Å². The van der Waals surface area contributed by atoms with Crippen molar-refractivity contribution in [2.75, 3.05) is 5.32 Å². The summed E-state index contributed by atoms with van der Waals surface area (Å²) >= 11 is 1.44. The van der Waals surface area contributed by atoms with Crippen LogP contribution in [0.5, 0.6) is 0 Å². The lowest BCUT2D eigenvalue weighted by molar-refractivity contribution is -0.118. The first kappa shape index (κ1) is 20.0. The number of para-hydroxylation sites is 1. The second kappa shape index (κ2) is 7.88. The topological polar surface area (TPSA) is 64.0 Å². The summed E-state index contributed by atoms with van der Waals surface area (Å²) in [5, 5.41) is 5.43. The van der Waals surface area contributed by atoms with Crippen molar-refractivity contribution in [1.82, 2.24) is 9.55 Å². The summed E-state index contributed by atoms with van der Waals surface area (Å²) in [4.78, 5) is 31.3. The highest BCUT2D eigenvalue weighted by molar-refractivity contribution is 7.17. The molecule has 0 saturated heterocycles. The lowest BCUT2D eigenvalue weighted by atomic mass is 10.0. The predicted molar refractivity (Wildman–Crippen MR) is 123 cm³/mol. The molecule has 0 fully saturated rings. The summed E-state index contributed by atoms with van der Waals surface area (Å²) in [5.74, 6) is -0.254. The number of fused-ring (bicyclic) bond motifs is 1. The number of hydrogen-bond donors (Lipinski definition) is 1. The predicted octanol–water partition coefficient (Wildman–Crippen LogP) is 5.25. The molecule has 2 aromatic carbocycles. The SMILES string of the molecule is Cc1ccc(-c2csc3ncn(C(C)C(=O)Nc4ccccc4C)c(=O)c23)cc1C. The van der Waals surface area contributed by atoms with E-state index in [1.165, 1.54) is 33.4 Å². The molecule has 0 aliphatic carbocycles. The van der Waals surface area contributed by atoms with Gasteiger partial charge in [-0.15, -0.1) is 11.3 Å². The van der Waals surface area contributed by atoms with E-state index in [0.29, 0.717) is 10.2 Å². The Kier molecular flexibility index (Phi) is 5.26. The third kappa shape index (κ3) is 3.55. The lowest BCUT2D eigenvalue weighted by Gasteiger charge is -2.16. The number of aryl methyl sites for hydroxylation is 3. The van der Waals surface area contributed by atoms with Crippen molar-refractivity contribution < 1.29 is 4.79 Å². The number of aromatic nitrogens is 2. The van der Waals surface area contributed by atoms with Crippen molar-refractivity contribution in [2.45, 2.75) is 33.7 Å². The molecule has 1 amide bonds. The Morgan fingerprint density at radius 2 is 1.83 bits per heavy atom. The molecule has 0 aliphatic heterocycles. The Labute approximate surface area is 179 Å². The number of hydrogen-bond acceptors (Lipinski definition) is 4. The lowest BCUT2D eigenvalue weighted by Crippen LogP contribution is -2.31. The Hall–Kier alpha value is -3.25. The number of nitrogens with zero attached hydrogens (tertiary/aromatic N) is 2. The molecule has 4 rings (SSSR count). The Bertz CT molecular complexity index is 1320. The number of carbonyl (C=O) groups is 1. The van der Waals surface area contributed by atoms with E-state index in [9.17, 15) is 9.59 Å². The fraction of sp³-hybridized carbons (Fsp3) is 0.208. The molecule has 6 heteroatoms. The standard InChI is InChI=1S/C24H23N3O2S/c1-14-9-10-18(11-16(14)3)19-12-30-23-21(19)24(29)27(13-25-23)17(4)22(28)26-20-8-6-5-7-15(20)2/h5-13,17H,1-4H3,(H,26,28). The zero-order valence-electron chi connectivity index (χ0n) is 17.4. The van der Waals surface area contributed by atoms with Crippen LogP contribution in [0.3, 0.4) is 0 Å². The molecule has 2 aromatic heterocycles. The molecule has 2 heterocycles. The Morgan fingerprint density at radius 1 is 1.07 bits per heavy atom. The number of amides is 1. The van der Waals surface area contributed by atoms with E-state index in [2.05, 4.69) is 36.3 Å². The minimum atomic E-state index is -0.693. The normalized spacial score (nSPS) is 12.1. The molecule has 1 unspecified atom stereocenters. The summed E-state index contributed by atoms with van der Waals surface area (Å²) in [6.45, 7) is 7.77. The van der Waals surface area contributed by atoms with Crippen LogP contribution in [0.15, 0.2) is 59.0 Å². The third-order valence-electron chi connectivity index (χ3n) is 5.54. The number of carbonyl (C=O) groups excluding carboxylic acids is 1. The van der Waals surface area contributed by atoms with Crippen molar-refractivity contribution in [2.24, 2.45) is 0 Å². The second-order valence-corrected chi connectivity index (χ2v) is 8.42. The number of thiophene rings is 1. The van der Waals surface area contributed by atoms with Gasteiger partial charge in [-0.3, -0.25) is 14.2 Å². The highest BCUT2D eigenvalue weighted by atomic mass is 32.1. The highest BCUT2D eigenvalue weighted by Crippen LogP contribution is 2.32. The fourth-order valence-electron chi connectivity index (χ4n) is 3.42. The van der Waals surface area contributed by atoms with Gasteiger partial charge in [0.2, 0.25) is 5.91 Å². The number of nitrogens with one attached hydrogen (secondary N) is 1. The zero-order chi connectivity index (χ0) is 21.4. The first-order valence-corrected chi connectivity index (χ1v) is 10.7. The van der Waals surface area contributed by atoms with Gasteiger partial charge in [0, 0.05) is 16.6 Å². The van der Waals surface area contributed by atoms with Crippen molar-refractivity contribution in [3.63, 3.8) is 0 Å². The monoisotopic (exact) mass is 417 g/mol. The molecule has 30 heavy (non-hydrogen) atoms. The second-order valence-electron chi connectivity index (χ2n) is 7.57. The Morgan fingerprint density at radius 3 is 2.57 bits per heavy atom. The molecule has 0 bridgehead atoms. The van der Waals surface area contributed by atoms with Crippen molar-refractivity contribution in [3.8, 4) is 11.1 Å². The minimum absolute atomic E-state index is 0.207. The van der Waals surface area contributed by atoms with Crippen LogP contribution in [0.2, 0.25) is 0 Å². The first-order valence-electron chi connectivity index (χ1n) is 9.79. The fourth-order valence-corrected chi connectivity index (χ4v) is 4.33. The highest BCUT2D eigenvalue weighted by Gasteiger charge is 2.21. The quantitative estimate of drug-likeness (QED) is 0.493. The van der Waals surface area contributed by atoms with Crippen LogP contribution in [-0.2, 0) is 4.79 Å². The molecule has 0 spiro atoms. The van der Waals surface area contributed by atoms with E-state index in [0.717, 1.165) is 22.4 Å². The molecule has 0 aliphatic rings. The third-order valence-corrected chi connectivity index (χ3v) is 6.42. The van der Waals surface area contributed by atoms with Crippen LogP contribution >= 0.6 is 11.3 Å². The van der Waals surface area contributed by atoms with Gasteiger partial charge in [0.1, 0.15) is 10.9 Å². The maximum atomic E-state index is 13.4. The summed E-state index contributed by atoms with van der Waals surface area (Å²) in [6, 6.07) is 13.0. The number of anilines is 1. The van der Waals surface area contributed by atoms with Crippen LogP contribution in [0.4, 0.5) is 5.69 Å². The van der Waals surface area contributed by atoms with E-state index >= 15 is 0 Å². The van der Waals surface area contributed by atoms with Crippen LogP contribution in [0.1, 0.15) is 29.7 Å². The molecule has 4 aromatic rings. The van der Waals surface area contributed by atoms with E-state index < -0.39 is 6.04 Å².